The molecule has 1 fully saturated rings. The standard InChI is InChI=1S/C30H23ClF5N3O2/c31-22-16-20(37-30(40)19-7-4-8-21(15-19)41-17-18-5-2-1-3-6-18)9-10-23(22)38-11-13-39(14-12-38)29-27(35)25(33)24(32)26(34)28(29)36/h1-10,15-16H,11-14,17H2,(H,37,40). The number of hydrogen-bond acceptors (Lipinski definition) is 4. The molecule has 0 aromatic heterocycles. The number of piperazine rings is 1. The molecule has 1 saturated heterocycles. The lowest BCUT2D eigenvalue weighted by molar-refractivity contribution is 0.102. The summed E-state index contributed by atoms with van der Waals surface area (Å²) in [5.41, 5.74) is 1.48. The molecule has 4 aromatic carbocycles. The number of benzene rings is 4. The van der Waals surface area contributed by atoms with Gasteiger partial charge < -0.3 is 19.9 Å². The van der Waals surface area contributed by atoms with Crippen molar-refractivity contribution in [1.82, 2.24) is 0 Å². The van der Waals surface area contributed by atoms with Crippen molar-refractivity contribution in [3.05, 3.63) is 118 Å². The highest BCUT2D eigenvalue weighted by Crippen LogP contribution is 2.34. The summed E-state index contributed by atoms with van der Waals surface area (Å²) in [6.45, 7) is 0.770. The van der Waals surface area contributed by atoms with E-state index in [0.29, 0.717) is 34.3 Å². The summed E-state index contributed by atoms with van der Waals surface area (Å²) in [5, 5.41) is 3.11. The molecule has 0 radical (unpaired) electrons. The smallest absolute Gasteiger partial charge is 0.255 e. The van der Waals surface area contributed by atoms with Crippen LogP contribution in [0.3, 0.4) is 0 Å². The van der Waals surface area contributed by atoms with Gasteiger partial charge >= 0.3 is 0 Å². The highest BCUT2D eigenvalue weighted by molar-refractivity contribution is 6.33. The number of anilines is 3. The fourth-order valence-electron chi connectivity index (χ4n) is 4.55. The number of halogens is 6. The summed E-state index contributed by atoms with van der Waals surface area (Å²) in [4.78, 5) is 15.8. The molecule has 41 heavy (non-hydrogen) atoms. The van der Waals surface area contributed by atoms with Crippen molar-refractivity contribution in [2.24, 2.45) is 0 Å². The van der Waals surface area contributed by atoms with Gasteiger partial charge in [-0.15, -0.1) is 0 Å². The number of nitrogens with one attached hydrogen (secondary N) is 1. The number of rotatable bonds is 7. The van der Waals surface area contributed by atoms with Crippen LogP contribution in [0.15, 0.2) is 72.8 Å². The van der Waals surface area contributed by atoms with Gasteiger partial charge in [0, 0.05) is 37.4 Å². The number of ether oxygens (including phenoxy) is 1. The van der Waals surface area contributed by atoms with Crippen LogP contribution in [0.2, 0.25) is 5.02 Å². The molecule has 1 aliphatic heterocycles. The number of hydrogen-bond donors (Lipinski definition) is 1. The van der Waals surface area contributed by atoms with E-state index in [1.165, 1.54) is 0 Å². The van der Waals surface area contributed by atoms with Crippen molar-refractivity contribution >= 4 is 34.6 Å². The van der Waals surface area contributed by atoms with Crippen LogP contribution in [0, 0.1) is 29.1 Å². The Hall–Kier alpha value is -4.31. The van der Waals surface area contributed by atoms with Crippen molar-refractivity contribution in [3.63, 3.8) is 0 Å². The third-order valence-electron chi connectivity index (χ3n) is 6.67. The lowest BCUT2D eigenvalue weighted by atomic mass is 10.1. The summed E-state index contributed by atoms with van der Waals surface area (Å²) in [6.07, 6.45) is 0. The normalized spacial score (nSPS) is 13.3. The molecule has 0 saturated carbocycles. The van der Waals surface area contributed by atoms with Crippen LogP contribution in [0.4, 0.5) is 39.0 Å². The van der Waals surface area contributed by atoms with Crippen LogP contribution in [0.25, 0.3) is 0 Å². The summed E-state index contributed by atoms with van der Waals surface area (Å²) in [6, 6.07) is 21.3. The molecule has 1 amide bonds. The van der Waals surface area contributed by atoms with Gasteiger partial charge in [0.05, 0.1) is 10.7 Å². The van der Waals surface area contributed by atoms with Gasteiger partial charge in [-0.05, 0) is 42.0 Å². The Morgan fingerprint density at radius 1 is 0.756 bits per heavy atom. The molecule has 0 atom stereocenters. The predicted octanol–water partition coefficient (Wildman–Crippen LogP) is 7.19. The second-order valence-corrected chi connectivity index (χ2v) is 9.72. The largest absolute Gasteiger partial charge is 0.489 e. The van der Waals surface area contributed by atoms with Crippen molar-refractivity contribution in [3.8, 4) is 5.75 Å². The van der Waals surface area contributed by atoms with Gasteiger partial charge in [0.1, 0.15) is 18.0 Å². The minimum absolute atomic E-state index is 0.00411. The van der Waals surface area contributed by atoms with E-state index in [9.17, 15) is 26.7 Å². The SMILES string of the molecule is O=C(Nc1ccc(N2CCN(c3c(F)c(F)c(F)c(F)c3F)CC2)c(Cl)c1)c1cccc(OCc2ccccc2)c1. The Labute approximate surface area is 237 Å². The highest BCUT2D eigenvalue weighted by atomic mass is 35.5. The zero-order chi connectivity index (χ0) is 29.1. The van der Waals surface area contributed by atoms with Crippen molar-refractivity contribution in [2.75, 3.05) is 41.3 Å². The Balaban J connectivity index is 1.21. The van der Waals surface area contributed by atoms with Crippen LogP contribution < -0.4 is 19.9 Å². The fraction of sp³-hybridized carbons (Fsp3) is 0.167. The second-order valence-electron chi connectivity index (χ2n) is 9.32. The van der Waals surface area contributed by atoms with Gasteiger partial charge in [-0.2, -0.15) is 0 Å². The second kappa shape index (κ2) is 12.1. The van der Waals surface area contributed by atoms with Gasteiger partial charge in [0.15, 0.2) is 23.3 Å². The molecule has 0 bridgehead atoms. The van der Waals surface area contributed by atoms with Crippen LogP contribution >= 0.6 is 11.6 Å². The third kappa shape index (κ3) is 6.07. The predicted molar refractivity (Wildman–Crippen MR) is 147 cm³/mol. The average molecular weight is 588 g/mol. The number of carbonyl (C=O) groups excluding carboxylic acids is 1. The van der Waals surface area contributed by atoms with Crippen LogP contribution in [-0.2, 0) is 6.61 Å². The topological polar surface area (TPSA) is 44.8 Å². The van der Waals surface area contributed by atoms with Gasteiger partial charge in [-0.25, -0.2) is 22.0 Å². The van der Waals surface area contributed by atoms with Crippen molar-refractivity contribution < 1.29 is 31.5 Å². The van der Waals surface area contributed by atoms with Crippen LogP contribution in [0.5, 0.6) is 5.75 Å². The Morgan fingerprint density at radius 3 is 2.05 bits per heavy atom. The maximum Gasteiger partial charge on any atom is 0.255 e. The van der Waals surface area contributed by atoms with E-state index in [-0.39, 0.29) is 32.1 Å². The first-order valence-electron chi connectivity index (χ1n) is 12.6. The molecule has 0 aliphatic carbocycles. The van der Waals surface area contributed by atoms with Gasteiger partial charge in [0.2, 0.25) is 5.82 Å². The van der Waals surface area contributed by atoms with E-state index in [4.69, 9.17) is 16.3 Å². The first kappa shape index (κ1) is 28.2. The fourth-order valence-corrected chi connectivity index (χ4v) is 4.85. The summed E-state index contributed by atoms with van der Waals surface area (Å²) < 4.78 is 75.0. The minimum atomic E-state index is -2.19. The lowest BCUT2D eigenvalue weighted by Crippen LogP contribution is -2.47. The maximum atomic E-state index is 14.2. The number of carbonyl (C=O) groups is 1. The molecule has 212 valence electrons. The molecule has 4 aromatic rings. The number of amides is 1. The zero-order valence-electron chi connectivity index (χ0n) is 21.4. The molecule has 1 aliphatic rings. The van der Waals surface area contributed by atoms with E-state index in [0.717, 1.165) is 10.5 Å². The lowest BCUT2D eigenvalue weighted by Gasteiger charge is -2.38. The zero-order valence-corrected chi connectivity index (χ0v) is 22.2. The highest BCUT2D eigenvalue weighted by Gasteiger charge is 2.31. The third-order valence-corrected chi connectivity index (χ3v) is 6.98. The van der Waals surface area contributed by atoms with E-state index < -0.39 is 34.8 Å². The van der Waals surface area contributed by atoms with E-state index in [1.54, 1.807) is 42.5 Å². The molecular weight excluding hydrogens is 565 g/mol. The molecular formula is C30H23ClF5N3O2. The van der Waals surface area contributed by atoms with Gasteiger partial charge in [-0.3, -0.25) is 4.79 Å². The Kier molecular flexibility index (Phi) is 8.30. The van der Waals surface area contributed by atoms with Gasteiger partial charge in [0.25, 0.3) is 5.91 Å². The number of nitrogens with zero attached hydrogens (tertiary/aromatic N) is 2. The molecule has 1 heterocycles. The first-order chi connectivity index (χ1) is 19.7. The molecule has 0 unspecified atom stereocenters. The summed E-state index contributed by atoms with van der Waals surface area (Å²) in [7, 11) is 0. The minimum Gasteiger partial charge on any atom is -0.489 e. The molecule has 0 spiro atoms. The maximum absolute atomic E-state index is 14.2. The summed E-state index contributed by atoms with van der Waals surface area (Å²) >= 11 is 6.49. The van der Waals surface area contributed by atoms with Crippen molar-refractivity contribution in [1.29, 1.82) is 0 Å². The van der Waals surface area contributed by atoms with E-state index >= 15 is 0 Å². The monoisotopic (exact) mass is 587 g/mol. The summed E-state index contributed by atoms with van der Waals surface area (Å²) in [5.74, 6) is -9.69. The average Bonchev–Trinajstić information content (AvgIpc) is 2.99. The van der Waals surface area contributed by atoms with Crippen LogP contribution in [0.1, 0.15) is 15.9 Å². The molecule has 1 N–H and O–H groups in total. The first-order valence-corrected chi connectivity index (χ1v) is 13.0. The van der Waals surface area contributed by atoms with E-state index in [2.05, 4.69) is 5.32 Å². The molecule has 5 nitrogen and oxygen atoms in total. The molecule has 11 heteroatoms. The van der Waals surface area contributed by atoms with E-state index in [1.807, 2.05) is 35.2 Å². The Morgan fingerprint density at radius 2 is 1.39 bits per heavy atom. The van der Waals surface area contributed by atoms with Crippen LogP contribution in [-0.4, -0.2) is 32.1 Å². The quantitative estimate of drug-likeness (QED) is 0.141. The van der Waals surface area contributed by atoms with Gasteiger partial charge in [-0.1, -0.05) is 48.0 Å². The Bertz CT molecular complexity index is 1550. The van der Waals surface area contributed by atoms with Crippen molar-refractivity contribution in [2.45, 2.75) is 6.61 Å². The molecule has 5 rings (SSSR count).